The highest BCUT2D eigenvalue weighted by Gasteiger charge is 2.33. The van der Waals surface area contributed by atoms with E-state index in [0.29, 0.717) is 0 Å². The van der Waals surface area contributed by atoms with Gasteiger partial charge in [-0.1, -0.05) is 0 Å². The van der Waals surface area contributed by atoms with E-state index in [-0.39, 0.29) is 0 Å². The summed E-state index contributed by atoms with van der Waals surface area (Å²) < 4.78 is 0. The zero-order valence-electron chi connectivity index (χ0n) is 12.1. The van der Waals surface area contributed by atoms with Crippen LogP contribution in [-0.4, -0.2) is 71.3 Å². The topological polar surface area (TPSA) is 51.6 Å². The van der Waals surface area contributed by atoms with E-state index in [1.807, 2.05) is 0 Å². The number of aliphatic hydroxyl groups is 1. The molecule has 2 aliphatic rings. The van der Waals surface area contributed by atoms with Crippen LogP contribution >= 0.6 is 11.3 Å². The summed E-state index contributed by atoms with van der Waals surface area (Å²) in [6.07, 6.45) is 0.880. The van der Waals surface area contributed by atoms with E-state index in [0.717, 1.165) is 63.8 Å². The van der Waals surface area contributed by atoms with Crippen LogP contribution in [0.1, 0.15) is 17.1 Å². The number of aryl methyl sites for hydroxylation is 1. The van der Waals surface area contributed by atoms with Crippen molar-refractivity contribution < 1.29 is 5.11 Å². The maximum Gasteiger partial charge on any atom is 0.0909 e. The van der Waals surface area contributed by atoms with Crippen LogP contribution in [-0.2, 0) is 6.54 Å². The molecule has 3 rings (SSSR count). The van der Waals surface area contributed by atoms with Crippen molar-refractivity contribution in [2.24, 2.45) is 0 Å². The lowest BCUT2D eigenvalue weighted by Gasteiger charge is -2.37. The Kier molecular flexibility index (Phi) is 4.37. The third kappa shape index (κ3) is 3.56. The zero-order chi connectivity index (χ0) is 14.0. The van der Waals surface area contributed by atoms with Gasteiger partial charge in [0.05, 0.1) is 16.3 Å². The van der Waals surface area contributed by atoms with Gasteiger partial charge in [0.2, 0.25) is 0 Å². The van der Waals surface area contributed by atoms with Crippen molar-refractivity contribution in [2.75, 3.05) is 45.8 Å². The van der Waals surface area contributed by atoms with Gasteiger partial charge < -0.3 is 10.4 Å². The van der Waals surface area contributed by atoms with Crippen LogP contribution in [0.5, 0.6) is 0 Å². The van der Waals surface area contributed by atoms with E-state index < -0.39 is 5.60 Å². The lowest BCUT2D eigenvalue weighted by Crippen LogP contribution is -2.52. The number of hydrogen-bond donors (Lipinski definition) is 2. The first-order valence-electron chi connectivity index (χ1n) is 7.42. The van der Waals surface area contributed by atoms with Crippen molar-refractivity contribution in [3.8, 4) is 0 Å². The second kappa shape index (κ2) is 6.07. The van der Waals surface area contributed by atoms with Crippen molar-refractivity contribution in [1.82, 2.24) is 20.1 Å². The summed E-state index contributed by atoms with van der Waals surface area (Å²) in [7, 11) is 0. The SMILES string of the molecule is Cc1nc(CN2CCN(C[C@]3(O)CCNC3)CC2)cs1. The van der Waals surface area contributed by atoms with Gasteiger partial charge in [-0.3, -0.25) is 9.80 Å². The van der Waals surface area contributed by atoms with Crippen molar-refractivity contribution in [2.45, 2.75) is 25.5 Å². The van der Waals surface area contributed by atoms with Gasteiger partial charge >= 0.3 is 0 Å². The summed E-state index contributed by atoms with van der Waals surface area (Å²) in [6, 6.07) is 0. The minimum atomic E-state index is -0.506. The second-order valence-corrected chi connectivity index (χ2v) is 7.12. The summed E-state index contributed by atoms with van der Waals surface area (Å²) in [6.45, 7) is 9.75. The molecule has 1 atom stereocenters. The molecule has 0 saturated carbocycles. The molecule has 0 aromatic carbocycles. The molecule has 0 aliphatic carbocycles. The Morgan fingerprint density at radius 1 is 1.35 bits per heavy atom. The predicted octanol–water partition coefficient (Wildman–Crippen LogP) is 0.294. The molecule has 2 fully saturated rings. The number of aromatic nitrogens is 1. The molecule has 0 bridgehead atoms. The average Bonchev–Trinajstić information content (AvgIpc) is 3.01. The van der Waals surface area contributed by atoms with Gasteiger partial charge in [0.15, 0.2) is 0 Å². The fourth-order valence-electron chi connectivity index (χ4n) is 3.10. The number of β-amino-alcohol motifs (C(OH)–C–C–N with tert-alkyl or cyclic N) is 1. The molecule has 5 nitrogen and oxygen atoms in total. The predicted molar refractivity (Wildman–Crippen MR) is 81.0 cm³/mol. The fraction of sp³-hybridized carbons (Fsp3) is 0.786. The van der Waals surface area contributed by atoms with Gasteiger partial charge in [0, 0.05) is 51.2 Å². The first kappa shape index (κ1) is 14.4. The number of nitrogens with zero attached hydrogens (tertiary/aromatic N) is 3. The Labute approximate surface area is 124 Å². The molecule has 112 valence electrons. The highest BCUT2D eigenvalue weighted by molar-refractivity contribution is 7.09. The van der Waals surface area contributed by atoms with Crippen molar-refractivity contribution in [3.63, 3.8) is 0 Å². The number of rotatable bonds is 4. The monoisotopic (exact) mass is 296 g/mol. The molecular formula is C14H24N4OS. The van der Waals surface area contributed by atoms with E-state index in [2.05, 4.69) is 32.4 Å². The summed E-state index contributed by atoms with van der Waals surface area (Å²) in [5.41, 5.74) is 0.688. The number of thiazole rings is 1. The van der Waals surface area contributed by atoms with Gasteiger partial charge in [-0.2, -0.15) is 0 Å². The second-order valence-electron chi connectivity index (χ2n) is 6.06. The van der Waals surface area contributed by atoms with Gasteiger partial charge in [0.1, 0.15) is 0 Å². The standard InChI is InChI=1S/C14H24N4OS/c1-12-16-13(9-20-12)8-17-4-6-18(7-5-17)11-14(19)2-3-15-10-14/h9,15,19H,2-8,10-11H2,1H3/t14-/m0/s1. The molecule has 2 aliphatic heterocycles. The Morgan fingerprint density at radius 2 is 2.10 bits per heavy atom. The van der Waals surface area contributed by atoms with Crippen LogP contribution in [0, 0.1) is 6.92 Å². The molecule has 2 N–H and O–H groups in total. The summed E-state index contributed by atoms with van der Waals surface area (Å²) in [5, 5.41) is 17.0. The van der Waals surface area contributed by atoms with Gasteiger partial charge in [0.25, 0.3) is 0 Å². The average molecular weight is 296 g/mol. The minimum absolute atomic E-state index is 0.506. The first-order valence-corrected chi connectivity index (χ1v) is 8.30. The van der Waals surface area contributed by atoms with Gasteiger partial charge in [-0.25, -0.2) is 4.98 Å². The maximum atomic E-state index is 10.4. The molecule has 6 heteroatoms. The van der Waals surface area contributed by atoms with E-state index >= 15 is 0 Å². The van der Waals surface area contributed by atoms with Crippen LogP contribution in [0.3, 0.4) is 0 Å². The molecule has 2 saturated heterocycles. The lowest BCUT2D eigenvalue weighted by atomic mass is 10.0. The number of nitrogens with one attached hydrogen (secondary N) is 1. The molecule has 0 spiro atoms. The maximum absolute atomic E-state index is 10.4. The molecule has 20 heavy (non-hydrogen) atoms. The third-order valence-corrected chi connectivity index (χ3v) is 5.08. The van der Waals surface area contributed by atoms with Crippen molar-refractivity contribution in [3.05, 3.63) is 16.1 Å². The Morgan fingerprint density at radius 3 is 2.70 bits per heavy atom. The minimum Gasteiger partial charge on any atom is -0.387 e. The number of hydrogen-bond acceptors (Lipinski definition) is 6. The lowest BCUT2D eigenvalue weighted by molar-refractivity contribution is 0.00416. The van der Waals surface area contributed by atoms with Crippen molar-refractivity contribution in [1.29, 1.82) is 0 Å². The molecule has 1 aromatic rings. The van der Waals surface area contributed by atoms with E-state index in [1.165, 1.54) is 5.69 Å². The molecule has 0 amide bonds. The fourth-order valence-corrected chi connectivity index (χ4v) is 3.70. The zero-order valence-corrected chi connectivity index (χ0v) is 13.0. The smallest absolute Gasteiger partial charge is 0.0909 e. The van der Waals surface area contributed by atoms with E-state index in [9.17, 15) is 5.11 Å². The molecule has 0 radical (unpaired) electrons. The molecule has 1 aromatic heterocycles. The summed E-state index contributed by atoms with van der Waals surface area (Å²) in [5.74, 6) is 0. The largest absolute Gasteiger partial charge is 0.387 e. The van der Waals surface area contributed by atoms with Crippen LogP contribution in [0.15, 0.2) is 5.38 Å². The van der Waals surface area contributed by atoms with E-state index in [1.54, 1.807) is 11.3 Å². The molecule has 3 heterocycles. The van der Waals surface area contributed by atoms with Crippen LogP contribution in [0.25, 0.3) is 0 Å². The van der Waals surface area contributed by atoms with Gasteiger partial charge in [-0.05, 0) is 19.9 Å². The Balaban J connectivity index is 1.45. The summed E-state index contributed by atoms with van der Waals surface area (Å²) in [4.78, 5) is 9.39. The Bertz CT molecular complexity index is 436. The van der Waals surface area contributed by atoms with E-state index in [4.69, 9.17) is 0 Å². The van der Waals surface area contributed by atoms with Gasteiger partial charge in [-0.15, -0.1) is 11.3 Å². The first-order chi connectivity index (χ1) is 9.63. The van der Waals surface area contributed by atoms with Crippen LogP contribution in [0.2, 0.25) is 0 Å². The molecule has 0 unspecified atom stereocenters. The van der Waals surface area contributed by atoms with Crippen LogP contribution < -0.4 is 5.32 Å². The highest BCUT2D eigenvalue weighted by atomic mass is 32.1. The normalized spacial score (nSPS) is 29.1. The summed E-state index contributed by atoms with van der Waals surface area (Å²) >= 11 is 1.73. The third-order valence-electron chi connectivity index (χ3n) is 4.26. The van der Waals surface area contributed by atoms with Crippen molar-refractivity contribution >= 4 is 11.3 Å². The Hall–Kier alpha value is -0.530. The number of piperazine rings is 1. The molecular weight excluding hydrogens is 272 g/mol. The highest BCUT2D eigenvalue weighted by Crippen LogP contribution is 2.18. The van der Waals surface area contributed by atoms with Crippen LogP contribution in [0.4, 0.5) is 0 Å². The quantitative estimate of drug-likeness (QED) is 0.837.